The molecule has 0 saturated heterocycles. The number of aromatic nitrogens is 2. The molecular weight excluding hydrogens is 258 g/mol. The Morgan fingerprint density at radius 3 is 2.86 bits per heavy atom. The van der Waals surface area contributed by atoms with Crippen molar-refractivity contribution in [1.29, 1.82) is 0 Å². The molecule has 21 heavy (non-hydrogen) atoms. The first-order valence-corrected chi connectivity index (χ1v) is 7.44. The third-order valence-corrected chi connectivity index (χ3v) is 3.92. The van der Waals surface area contributed by atoms with Crippen molar-refractivity contribution in [2.45, 2.75) is 32.9 Å². The van der Waals surface area contributed by atoms with Gasteiger partial charge in [-0.3, -0.25) is 4.98 Å². The van der Waals surface area contributed by atoms with Gasteiger partial charge in [-0.15, -0.1) is 0 Å². The second kappa shape index (κ2) is 5.70. The Morgan fingerprint density at radius 2 is 2.05 bits per heavy atom. The van der Waals surface area contributed by atoms with Crippen molar-refractivity contribution in [3.8, 4) is 0 Å². The van der Waals surface area contributed by atoms with Crippen LogP contribution in [0.3, 0.4) is 0 Å². The van der Waals surface area contributed by atoms with Gasteiger partial charge in [-0.2, -0.15) is 0 Å². The molecule has 2 aromatic heterocycles. The Morgan fingerprint density at radius 1 is 1.24 bits per heavy atom. The molecule has 0 bridgehead atoms. The van der Waals surface area contributed by atoms with Gasteiger partial charge in [0.25, 0.3) is 0 Å². The minimum Gasteiger partial charge on any atom is -0.350 e. The van der Waals surface area contributed by atoms with Crippen molar-refractivity contribution in [3.05, 3.63) is 65.6 Å². The van der Waals surface area contributed by atoms with Crippen molar-refractivity contribution in [2.75, 3.05) is 0 Å². The van der Waals surface area contributed by atoms with E-state index in [1.54, 1.807) is 0 Å². The van der Waals surface area contributed by atoms with Crippen LogP contribution in [-0.4, -0.2) is 9.55 Å². The summed E-state index contributed by atoms with van der Waals surface area (Å²) in [5.41, 5.74) is 10.7. The zero-order chi connectivity index (χ0) is 14.8. The number of nitrogens with zero attached hydrogens (tertiary/aromatic N) is 2. The Bertz CT molecular complexity index is 758. The summed E-state index contributed by atoms with van der Waals surface area (Å²) in [6.45, 7) is 5.01. The molecule has 3 rings (SSSR count). The molecule has 3 heteroatoms. The second-order valence-corrected chi connectivity index (χ2v) is 5.57. The standard InChI is InChI=1S/C18H21N3/c1-3-17(19)14-8-9-21(11-14)12-15-10-13(2)20-18-7-5-4-6-16(15)18/h4-11,17H,3,12,19H2,1-2H3. The molecule has 0 saturated carbocycles. The van der Waals surface area contributed by atoms with Crippen molar-refractivity contribution in [3.63, 3.8) is 0 Å². The maximum absolute atomic E-state index is 6.09. The lowest BCUT2D eigenvalue weighted by atomic mass is 10.1. The van der Waals surface area contributed by atoms with Gasteiger partial charge in [0.15, 0.2) is 0 Å². The van der Waals surface area contributed by atoms with E-state index in [0.717, 1.165) is 24.2 Å². The summed E-state index contributed by atoms with van der Waals surface area (Å²) in [7, 11) is 0. The zero-order valence-electron chi connectivity index (χ0n) is 12.6. The lowest BCUT2D eigenvalue weighted by molar-refractivity contribution is 0.693. The minimum absolute atomic E-state index is 0.127. The molecule has 1 aromatic carbocycles. The van der Waals surface area contributed by atoms with Crippen LogP contribution in [0.1, 0.15) is 36.2 Å². The quantitative estimate of drug-likeness (QED) is 0.789. The van der Waals surface area contributed by atoms with E-state index < -0.39 is 0 Å². The van der Waals surface area contributed by atoms with Crippen LogP contribution in [0.25, 0.3) is 10.9 Å². The highest BCUT2D eigenvalue weighted by Crippen LogP contribution is 2.20. The molecular formula is C18H21N3. The average molecular weight is 279 g/mol. The van der Waals surface area contributed by atoms with E-state index in [1.165, 1.54) is 16.5 Å². The third-order valence-electron chi connectivity index (χ3n) is 3.92. The SMILES string of the molecule is CCC(N)c1ccn(Cc2cc(C)nc3ccccc23)c1. The van der Waals surface area contributed by atoms with Crippen LogP contribution in [0.5, 0.6) is 0 Å². The number of pyridine rings is 1. The molecule has 0 fully saturated rings. The summed E-state index contributed by atoms with van der Waals surface area (Å²) in [4.78, 5) is 4.60. The van der Waals surface area contributed by atoms with Crippen molar-refractivity contribution in [2.24, 2.45) is 5.73 Å². The Labute approximate surface area is 125 Å². The highest BCUT2D eigenvalue weighted by Gasteiger charge is 2.07. The molecule has 108 valence electrons. The van der Waals surface area contributed by atoms with Crippen LogP contribution >= 0.6 is 0 Å². The van der Waals surface area contributed by atoms with Crippen LogP contribution in [0.4, 0.5) is 0 Å². The molecule has 0 aliphatic carbocycles. The second-order valence-electron chi connectivity index (χ2n) is 5.57. The number of nitrogens with two attached hydrogens (primary N) is 1. The van der Waals surface area contributed by atoms with E-state index in [-0.39, 0.29) is 6.04 Å². The molecule has 2 heterocycles. The van der Waals surface area contributed by atoms with Gasteiger partial charge in [0, 0.05) is 36.1 Å². The Balaban J connectivity index is 1.96. The Hall–Kier alpha value is -2.13. The number of benzene rings is 1. The smallest absolute Gasteiger partial charge is 0.0708 e. The first-order valence-electron chi connectivity index (χ1n) is 7.44. The fourth-order valence-corrected chi connectivity index (χ4v) is 2.74. The number of hydrogen-bond acceptors (Lipinski definition) is 2. The summed E-state index contributed by atoms with van der Waals surface area (Å²) < 4.78 is 2.20. The zero-order valence-corrected chi connectivity index (χ0v) is 12.6. The predicted octanol–water partition coefficient (Wildman–Crippen LogP) is 3.80. The van der Waals surface area contributed by atoms with Gasteiger partial charge in [-0.05, 0) is 42.7 Å². The van der Waals surface area contributed by atoms with E-state index in [9.17, 15) is 0 Å². The highest BCUT2D eigenvalue weighted by atomic mass is 14.9. The normalized spacial score (nSPS) is 12.7. The topological polar surface area (TPSA) is 43.8 Å². The summed E-state index contributed by atoms with van der Waals surface area (Å²) in [5, 5.41) is 1.22. The lowest BCUT2D eigenvalue weighted by Gasteiger charge is -2.09. The van der Waals surface area contributed by atoms with Crippen molar-refractivity contribution in [1.82, 2.24) is 9.55 Å². The largest absolute Gasteiger partial charge is 0.350 e. The number of para-hydroxylation sites is 1. The molecule has 1 unspecified atom stereocenters. The summed E-state index contributed by atoms with van der Waals surface area (Å²) in [6, 6.07) is 12.7. The number of rotatable bonds is 4. The molecule has 3 nitrogen and oxygen atoms in total. The average Bonchev–Trinajstić information content (AvgIpc) is 2.95. The van der Waals surface area contributed by atoms with Crippen molar-refractivity contribution >= 4 is 10.9 Å². The molecule has 0 amide bonds. The fourth-order valence-electron chi connectivity index (χ4n) is 2.74. The van der Waals surface area contributed by atoms with Gasteiger partial charge in [-0.1, -0.05) is 25.1 Å². The van der Waals surface area contributed by atoms with Crippen LogP contribution in [-0.2, 0) is 6.54 Å². The molecule has 0 aliphatic heterocycles. The van der Waals surface area contributed by atoms with Crippen LogP contribution in [0.15, 0.2) is 48.8 Å². The Kier molecular flexibility index (Phi) is 3.76. The molecule has 0 radical (unpaired) electrons. The van der Waals surface area contributed by atoms with E-state index in [4.69, 9.17) is 5.73 Å². The molecule has 3 aromatic rings. The number of fused-ring (bicyclic) bond motifs is 1. The van der Waals surface area contributed by atoms with Gasteiger partial charge >= 0.3 is 0 Å². The first kappa shape index (κ1) is 13.8. The predicted molar refractivity (Wildman–Crippen MR) is 87.2 cm³/mol. The summed E-state index contributed by atoms with van der Waals surface area (Å²) >= 11 is 0. The van der Waals surface area contributed by atoms with E-state index in [1.807, 2.05) is 13.0 Å². The molecule has 1 atom stereocenters. The highest BCUT2D eigenvalue weighted by molar-refractivity contribution is 5.82. The van der Waals surface area contributed by atoms with Crippen LogP contribution in [0, 0.1) is 6.92 Å². The maximum atomic E-state index is 6.09. The lowest BCUT2D eigenvalue weighted by Crippen LogP contribution is -2.07. The summed E-state index contributed by atoms with van der Waals surface area (Å²) in [6.07, 6.45) is 5.22. The number of aryl methyl sites for hydroxylation is 1. The monoisotopic (exact) mass is 279 g/mol. The van der Waals surface area contributed by atoms with Gasteiger partial charge < -0.3 is 10.3 Å². The van der Waals surface area contributed by atoms with Gasteiger partial charge in [0.1, 0.15) is 0 Å². The van der Waals surface area contributed by atoms with Gasteiger partial charge in [0.2, 0.25) is 0 Å². The fraction of sp³-hybridized carbons (Fsp3) is 0.278. The number of hydrogen-bond donors (Lipinski definition) is 1. The molecule has 0 spiro atoms. The van der Waals surface area contributed by atoms with Crippen LogP contribution < -0.4 is 5.73 Å². The minimum atomic E-state index is 0.127. The van der Waals surface area contributed by atoms with E-state index >= 15 is 0 Å². The molecule has 0 aliphatic rings. The van der Waals surface area contributed by atoms with Gasteiger partial charge in [-0.25, -0.2) is 0 Å². The van der Waals surface area contributed by atoms with E-state index in [2.05, 4.69) is 59.2 Å². The van der Waals surface area contributed by atoms with Gasteiger partial charge in [0.05, 0.1) is 5.52 Å². The first-order chi connectivity index (χ1) is 10.2. The summed E-state index contributed by atoms with van der Waals surface area (Å²) in [5.74, 6) is 0. The van der Waals surface area contributed by atoms with E-state index in [0.29, 0.717) is 0 Å². The van der Waals surface area contributed by atoms with Crippen molar-refractivity contribution < 1.29 is 0 Å². The maximum Gasteiger partial charge on any atom is 0.0708 e. The molecule has 2 N–H and O–H groups in total. The third kappa shape index (κ3) is 2.83. The van der Waals surface area contributed by atoms with Crippen LogP contribution in [0.2, 0.25) is 0 Å².